The molecule has 0 saturated carbocycles. The van der Waals surface area contributed by atoms with Crippen molar-refractivity contribution in [2.45, 2.75) is 27.2 Å². The Morgan fingerprint density at radius 2 is 1.95 bits per heavy atom. The Bertz CT molecular complexity index is 736. The molecule has 2 rings (SSSR count). The predicted octanol–water partition coefficient (Wildman–Crippen LogP) is 3.09. The van der Waals surface area contributed by atoms with E-state index in [9.17, 15) is 9.90 Å². The summed E-state index contributed by atoms with van der Waals surface area (Å²) >= 11 is 3.51. The van der Waals surface area contributed by atoms with Gasteiger partial charge in [-0.2, -0.15) is 5.10 Å². The average Bonchev–Trinajstić information content (AvgIpc) is 2.38. The Morgan fingerprint density at radius 1 is 1.30 bits per heavy atom. The van der Waals surface area contributed by atoms with Crippen molar-refractivity contribution in [2.75, 3.05) is 0 Å². The SMILES string of the molecule is CCc1cc(C)cc(Br)c1-c1c(O)c(C)nn(C)c1=O. The summed E-state index contributed by atoms with van der Waals surface area (Å²) in [7, 11) is 1.59. The van der Waals surface area contributed by atoms with Crippen LogP contribution in [0.15, 0.2) is 21.4 Å². The van der Waals surface area contributed by atoms with E-state index in [1.54, 1.807) is 14.0 Å². The Labute approximate surface area is 126 Å². The van der Waals surface area contributed by atoms with Gasteiger partial charge in [-0.05, 0) is 37.5 Å². The number of rotatable bonds is 2. The van der Waals surface area contributed by atoms with E-state index in [1.165, 1.54) is 4.68 Å². The molecule has 2 aromatic rings. The number of nitrogens with zero attached hydrogens (tertiary/aromatic N) is 2. The van der Waals surface area contributed by atoms with Gasteiger partial charge in [-0.1, -0.05) is 28.9 Å². The van der Waals surface area contributed by atoms with E-state index < -0.39 is 0 Å². The lowest BCUT2D eigenvalue weighted by Crippen LogP contribution is -2.22. The van der Waals surface area contributed by atoms with Crippen LogP contribution in [0, 0.1) is 13.8 Å². The Balaban J connectivity index is 2.92. The van der Waals surface area contributed by atoms with E-state index >= 15 is 0 Å². The molecule has 0 fully saturated rings. The first-order valence-corrected chi connectivity index (χ1v) is 7.22. The molecule has 1 aromatic heterocycles. The molecular weight excluding hydrogens is 320 g/mol. The van der Waals surface area contributed by atoms with Crippen LogP contribution in [0.4, 0.5) is 0 Å². The van der Waals surface area contributed by atoms with Crippen molar-refractivity contribution in [3.63, 3.8) is 0 Å². The first-order valence-electron chi connectivity index (χ1n) is 6.43. The zero-order valence-electron chi connectivity index (χ0n) is 12.0. The first kappa shape index (κ1) is 14.8. The van der Waals surface area contributed by atoms with Crippen molar-refractivity contribution >= 4 is 15.9 Å². The molecule has 20 heavy (non-hydrogen) atoms. The normalized spacial score (nSPS) is 10.8. The van der Waals surface area contributed by atoms with Gasteiger partial charge in [-0.25, -0.2) is 4.68 Å². The lowest BCUT2D eigenvalue weighted by molar-refractivity contribution is 0.460. The zero-order chi connectivity index (χ0) is 15.0. The largest absolute Gasteiger partial charge is 0.505 e. The van der Waals surface area contributed by atoms with Gasteiger partial charge in [0, 0.05) is 17.1 Å². The number of halogens is 1. The van der Waals surface area contributed by atoms with E-state index in [4.69, 9.17) is 0 Å². The Morgan fingerprint density at radius 3 is 2.55 bits per heavy atom. The van der Waals surface area contributed by atoms with E-state index in [0.717, 1.165) is 27.6 Å². The summed E-state index contributed by atoms with van der Waals surface area (Å²) in [5.74, 6) is -0.0487. The molecule has 0 unspecified atom stereocenters. The van der Waals surface area contributed by atoms with Gasteiger partial charge >= 0.3 is 0 Å². The number of aromatic hydroxyl groups is 1. The van der Waals surface area contributed by atoms with E-state index in [1.807, 2.05) is 26.0 Å². The molecule has 1 N–H and O–H groups in total. The molecule has 0 amide bonds. The molecule has 0 aliphatic rings. The van der Waals surface area contributed by atoms with Crippen LogP contribution in [0.2, 0.25) is 0 Å². The molecule has 1 aromatic carbocycles. The molecule has 0 radical (unpaired) electrons. The second-order valence-corrected chi connectivity index (χ2v) is 5.73. The van der Waals surface area contributed by atoms with Crippen LogP contribution in [-0.4, -0.2) is 14.9 Å². The van der Waals surface area contributed by atoms with Crippen molar-refractivity contribution in [1.29, 1.82) is 0 Å². The fourth-order valence-corrected chi connectivity index (χ4v) is 3.17. The third-order valence-electron chi connectivity index (χ3n) is 3.33. The number of aromatic nitrogens is 2. The van der Waals surface area contributed by atoms with Gasteiger partial charge in [0.1, 0.15) is 5.69 Å². The van der Waals surface area contributed by atoms with Crippen LogP contribution in [0.25, 0.3) is 11.1 Å². The molecule has 0 bridgehead atoms. The summed E-state index contributed by atoms with van der Waals surface area (Å²) in [4.78, 5) is 12.4. The quantitative estimate of drug-likeness (QED) is 0.916. The number of aryl methyl sites for hydroxylation is 4. The molecule has 0 saturated heterocycles. The molecule has 1 heterocycles. The highest BCUT2D eigenvalue weighted by Crippen LogP contribution is 2.36. The molecule has 4 nitrogen and oxygen atoms in total. The van der Waals surface area contributed by atoms with Gasteiger partial charge in [0.15, 0.2) is 5.75 Å². The maximum atomic E-state index is 12.4. The second-order valence-electron chi connectivity index (χ2n) is 4.87. The van der Waals surface area contributed by atoms with Gasteiger partial charge in [0.2, 0.25) is 0 Å². The van der Waals surface area contributed by atoms with Crippen molar-refractivity contribution in [2.24, 2.45) is 7.05 Å². The number of benzene rings is 1. The third-order valence-corrected chi connectivity index (χ3v) is 3.96. The predicted molar refractivity (Wildman–Crippen MR) is 83.1 cm³/mol. The molecule has 0 spiro atoms. The van der Waals surface area contributed by atoms with Crippen molar-refractivity contribution < 1.29 is 5.11 Å². The van der Waals surface area contributed by atoms with Crippen molar-refractivity contribution in [1.82, 2.24) is 9.78 Å². The van der Waals surface area contributed by atoms with Gasteiger partial charge in [0.25, 0.3) is 5.56 Å². The minimum Gasteiger partial charge on any atom is -0.505 e. The van der Waals surface area contributed by atoms with Gasteiger partial charge in [-0.15, -0.1) is 0 Å². The summed E-state index contributed by atoms with van der Waals surface area (Å²) in [6.45, 7) is 5.72. The monoisotopic (exact) mass is 336 g/mol. The summed E-state index contributed by atoms with van der Waals surface area (Å²) in [5, 5.41) is 14.3. The maximum absolute atomic E-state index is 12.4. The van der Waals surface area contributed by atoms with E-state index in [-0.39, 0.29) is 11.3 Å². The van der Waals surface area contributed by atoms with Crippen LogP contribution >= 0.6 is 15.9 Å². The van der Waals surface area contributed by atoms with Crippen molar-refractivity contribution in [3.05, 3.63) is 43.8 Å². The van der Waals surface area contributed by atoms with Crippen molar-refractivity contribution in [3.8, 4) is 16.9 Å². The smallest absolute Gasteiger partial charge is 0.278 e. The minimum absolute atomic E-state index is 0.0487. The van der Waals surface area contributed by atoms with Gasteiger partial charge in [-0.3, -0.25) is 4.79 Å². The standard InChI is InChI=1S/C15H17BrN2O2/c1-5-10-6-8(2)7-11(16)12(10)13-14(19)9(3)17-18(4)15(13)20/h6-7,19H,5H2,1-4H3. The average molecular weight is 337 g/mol. The Kier molecular flexibility index (Phi) is 3.99. The van der Waals surface area contributed by atoms with Crippen LogP contribution < -0.4 is 5.56 Å². The van der Waals surface area contributed by atoms with Gasteiger partial charge in [0.05, 0.1) is 5.56 Å². The van der Waals surface area contributed by atoms with E-state index in [0.29, 0.717) is 11.3 Å². The van der Waals surface area contributed by atoms with E-state index in [2.05, 4.69) is 21.0 Å². The topological polar surface area (TPSA) is 55.1 Å². The molecular formula is C15H17BrN2O2. The highest BCUT2D eigenvalue weighted by molar-refractivity contribution is 9.10. The molecule has 0 aliphatic heterocycles. The summed E-state index contributed by atoms with van der Waals surface area (Å²) in [6.07, 6.45) is 0.777. The Hall–Kier alpha value is -1.62. The van der Waals surface area contributed by atoms with Crippen LogP contribution in [0.5, 0.6) is 5.75 Å². The number of hydrogen-bond donors (Lipinski definition) is 1. The van der Waals surface area contributed by atoms with Crippen LogP contribution in [0.3, 0.4) is 0 Å². The zero-order valence-corrected chi connectivity index (χ0v) is 13.6. The third kappa shape index (κ3) is 2.38. The van der Waals surface area contributed by atoms with Crippen LogP contribution in [0.1, 0.15) is 23.7 Å². The summed E-state index contributed by atoms with van der Waals surface area (Å²) in [6, 6.07) is 3.98. The lowest BCUT2D eigenvalue weighted by Gasteiger charge is -2.14. The highest BCUT2D eigenvalue weighted by atomic mass is 79.9. The fraction of sp³-hybridized carbons (Fsp3) is 0.333. The summed E-state index contributed by atoms with van der Waals surface area (Å²) in [5.41, 5.74) is 3.34. The molecule has 106 valence electrons. The maximum Gasteiger partial charge on any atom is 0.278 e. The highest BCUT2D eigenvalue weighted by Gasteiger charge is 2.20. The number of hydrogen-bond acceptors (Lipinski definition) is 3. The van der Waals surface area contributed by atoms with Crippen LogP contribution in [-0.2, 0) is 13.5 Å². The van der Waals surface area contributed by atoms with Gasteiger partial charge < -0.3 is 5.11 Å². The fourth-order valence-electron chi connectivity index (χ4n) is 2.36. The molecule has 5 heteroatoms. The second kappa shape index (κ2) is 5.40. The summed E-state index contributed by atoms with van der Waals surface area (Å²) < 4.78 is 2.07. The lowest BCUT2D eigenvalue weighted by atomic mass is 9.96. The minimum atomic E-state index is -0.299. The first-order chi connectivity index (χ1) is 9.36. The molecule has 0 atom stereocenters. The molecule has 0 aliphatic carbocycles.